The molecule has 6 nitrogen and oxygen atoms in total. The van der Waals surface area contributed by atoms with Gasteiger partial charge in [-0.15, -0.1) is 0 Å². The Morgan fingerprint density at radius 3 is 2.53 bits per heavy atom. The van der Waals surface area contributed by atoms with Crippen molar-refractivity contribution < 1.29 is 9.53 Å². The van der Waals surface area contributed by atoms with Crippen LogP contribution in [0.4, 0.5) is 5.69 Å². The predicted octanol–water partition coefficient (Wildman–Crippen LogP) is 6.77. The molecule has 196 valence electrons. The number of carbonyl (C=O) groups is 1. The van der Waals surface area contributed by atoms with Crippen molar-refractivity contribution in [2.75, 3.05) is 18.1 Å². The van der Waals surface area contributed by atoms with Gasteiger partial charge in [0.15, 0.2) is 0 Å². The van der Waals surface area contributed by atoms with Crippen LogP contribution >= 0.6 is 11.6 Å². The molecule has 38 heavy (non-hydrogen) atoms. The molecule has 3 atom stereocenters. The van der Waals surface area contributed by atoms with Crippen LogP contribution in [0.25, 0.3) is 22.2 Å². The van der Waals surface area contributed by atoms with Crippen molar-refractivity contribution >= 4 is 34.1 Å². The van der Waals surface area contributed by atoms with Crippen LogP contribution in [0.2, 0.25) is 5.02 Å². The van der Waals surface area contributed by atoms with E-state index in [-0.39, 0.29) is 11.9 Å². The minimum Gasteiger partial charge on any atom is -0.377 e. The van der Waals surface area contributed by atoms with E-state index in [9.17, 15) is 4.79 Å². The van der Waals surface area contributed by atoms with Crippen molar-refractivity contribution in [2.45, 2.75) is 51.2 Å². The number of aromatic amines is 1. The predicted molar refractivity (Wildman–Crippen MR) is 153 cm³/mol. The van der Waals surface area contributed by atoms with Gasteiger partial charge in [0.05, 0.1) is 42.5 Å². The Kier molecular flexibility index (Phi) is 6.85. The highest BCUT2D eigenvalue weighted by Crippen LogP contribution is 2.36. The molecule has 3 heterocycles. The van der Waals surface area contributed by atoms with Gasteiger partial charge >= 0.3 is 0 Å². The van der Waals surface area contributed by atoms with Crippen molar-refractivity contribution in [3.63, 3.8) is 0 Å². The third-order valence-electron chi connectivity index (χ3n) is 7.80. The van der Waals surface area contributed by atoms with Crippen molar-refractivity contribution in [1.82, 2.24) is 15.5 Å². The molecule has 6 rings (SSSR count). The van der Waals surface area contributed by atoms with Crippen molar-refractivity contribution in [1.29, 1.82) is 0 Å². The first-order chi connectivity index (χ1) is 18.5. The summed E-state index contributed by atoms with van der Waals surface area (Å²) in [5.74, 6) is 0.276. The minimum absolute atomic E-state index is 0.122. The Balaban J connectivity index is 1.26. The second-order valence-corrected chi connectivity index (χ2v) is 11.3. The maximum Gasteiger partial charge on any atom is 0.251 e. The average molecular weight is 529 g/mol. The molecule has 0 saturated carbocycles. The number of nitrogens with one attached hydrogen (secondary N) is 2. The van der Waals surface area contributed by atoms with Crippen LogP contribution in [0.3, 0.4) is 0 Å². The molecule has 3 aromatic carbocycles. The van der Waals surface area contributed by atoms with Gasteiger partial charge in [0, 0.05) is 27.2 Å². The van der Waals surface area contributed by atoms with E-state index in [1.54, 1.807) is 0 Å². The van der Waals surface area contributed by atoms with Gasteiger partial charge in [0.2, 0.25) is 0 Å². The van der Waals surface area contributed by atoms with E-state index in [1.807, 2.05) is 42.5 Å². The summed E-state index contributed by atoms with van der Waals surface area (Å²) in [4.78, 5) is 15.9. The molecule has 0 aliphatic carbocycles. The second kappa shape index (κ2) is 10.4. The van der Waals surface area contributed by atoms with E-state index in [4.69, 9.17) is 16.3 Å². The molecule has 0 spiro atoms. The zero-order valence-corrected chi connectivity index (χ0v) is 22.5. The number of H-pyrrole nitrogens is 1. The molecular weight excluding hydrogens is 496 g/mol. The van der Waals surface area contributed by atoms with Gasteiger partial charge < -0.3 is 15.0 Å². The van der Waals surface area contributed by atoms with E-state index in [0.717, 1.165) is 47.4 Å². The molecule has 1 amide bonds. The van der Waals surface area contributed by atoms with Crippen LogP contribution in [0.15, 0.2) is 66.7 Å². The van der Waals surface area contributed by atoms with Crippen molar-refractivity contribution in [3.8, 4) is 11.3 Å². The maximum atomic E-state index is 13.4. The van der Waals surface area contributed by atoms with Crippen molar-refractivity contribution in [2.24, 2.45) is 5.92 Å². The summed E-state index contributed by atoms with van der Waals surface area (Å²) >= 11 is 6.49. The number of nitrogens with zero attached hydrogens (tertiary/aromatic N) is 2. The number of halogens is 1. The Labute approximate surface area is 228 Å². The van der Waals surface area contributed by atoms with Crippen LogP contribution in [-0.4, -0.2) is 41.4 Å². The molecule has 7 heteroatoms. The number of fused-ring (bicyclic) bond motifs is 3. The third-order valence-corrected chi connectivity index (χ3v) is 8.14. The molecule has 0 unspecified atom stereocenters. The lowest BCUT2D eigenvalue weighted by molar-refractivity contribution is 0.0906. The van der Waals surface area contributed by atoms with Crippen LogP contribution in [0.1, 0.15) is 55.1 Å². The lowest BCUT2D eigenvalue weighted by atomic mass is 9.96. The molecule has 4 aromatic rings. The Morgan fingerprint density at radius 1 is 1.08 bits per heavy atom. The van der Waals surface area contributed by atoms with Crippen molar-refractivity contribution in [3.05, 3.63) is 82.9 Å². The van der Waals surface area contributed by atoms with Gasteiger partial charge in [-0.1, -0.05) is 55.8 Å². The normalized spacial score (nSPS) is 19.7. The standard InChI is InChI=1S/C31H33ClN4O2/c1-19(2)15-29(25-5-3-4-6-27(25)32)33-31(37)21-9-14-28-26(16-21)30(35-34-28)20-7-10-22(11-8-20)36-23-12-13-24(36)18-38-17-23/h3-11,14,16,19,23-24,29H,12-13,15,17-18H2,1-2H3,(H,33,37)(H,34,35)/t23-,24+,29-/m0/s1. The Hall–Kier alpha value is -3.35. The number of anilines is 1. The molecule has 2 aliphatic heterocycles. The summed E-state index contributed by atoms with van der Waals surface area (Å²) in [6.07, 6.45) is 3.18. The fourth-order valence-electron chi connectivity index (χ4n) is 5.95. The van der Waals surface area contributed by atoms with Crippen LogP contribution in [0.5, 0.6) is 0 Å². The highest BCUT2D eigenvalue weighted by atomic mass is 35.5. The molecule has 2 aliphatic rings. The zero-order chi connectivity index (χ0) is 26.2. The van der Waals surface area contributed by atoms with Gasteiger partial charge in [-0.3, -0.25) is 9.89 Å². The summed E-state index contributed by atoms with van der Waals surface area (Å²) in [6, 6.07) is 22.8. The molecule has 2 N–H and O–H groups in total. The van der Waals surface area contributed by atoms with E-state index in [1.165, 1.54) is 18.5 Å². The number of ether oxygens (including phenoxy) is 1. The SMILES string of the molecule is CC(C)C[C@H](NC(=O)c1ccc2[nH]nc(-c3ccc(N4[C@@H]5CC[C@H]4COC5)cc3)c2c1)c1ccccc1Cl. The van der Waals surface area contributed by atoms with Crippen LogP contribution in [-0.2, 0) is 4.74 Å². The molecule has 2 fully saturated rings. The summed E-state index contributed by atoms with van der Waals surface area (Å²) in [5.41, 5.74) is 5.54. The highest BCUT2D eigenvalue weighted by molar-refractivity contribution is 6.31. The average Bonchev–Trinajstić information content (AvgIpc) is 3.45. The van der Waals surface area contributed by atoms with Gasteiger partial charge in [-0.25, -0.2) is 0 Å². The largest absolute Gasteiger partial charge is 0.377 e. The fraction of sp³-hybridized carbons (Fsp3) is 0.355. The van der Waals surface area contributed by atoms with E-state index in [0.29, 0.717) is 28.6 Å². The van der Waals surface area contributed by atoms with Crippen LogP contribution in [0, 0.1) is 5.92 Å². The monoisotopic (exact) mass is 528 g/mol. The number of amides is 1. The number of rotatable bonds is 7. The van der Waals surface area contributed by atoms with E-state index in [2.05, 4.69) is 58.5 Å². The number of hydrogen-bond donors (Lipinski definition) is 2. The highest BCUT2D eigenvalue weighted by Gasteiger charge is 2.37. The number of benzene rings is 3. The van der Waals surface area contributed by atoms with Gasteiger partial charge in [-0.2, -0.15) is 5.10 Å². The van der Waals surface area contributed by atoms with E-state index >= 15 is 0 Å². The minimum atomic E-state index is -0.168. The fourth-order valence-corrected chi connectivity index (χ4v) is 6.22. The number of morpholine rings is 1. The molecule has 1 aromatic heterocycles. The maximum absolute atomic E-state index is 13.4. The number of carbonyl (C=O) groups excluding carboxylic acids is 1. The lowest BCUT2D eigenvalue weighted by Crippen LogP contribution is -2.45. The lowest BCUT2D eigenvalue weighted by Gasteiger charge is -2.36. The Bertz CT molecular complexity index is 1430. The topological polar surface area (TPSA) is 70.2 Å². The van der Waals surface area contributed by atoms with Gasteiger partial charge in [0.25, 0.3) is 5.91 Å². The second-order valence-electron chi connectivity index (χ2n) is 10.9. The van der Waals surface area contributed by atoms with Gasteiger partial charge in [0.1, 0.15) is 0 Å². The first-order valence-electron chi connectivity index (χ1n) is 13.5. The smallest absolute Gasteiger partial charge is 0.251 e. The van der Waals surface area contributed by atoms with Crippen LogP contribution < -0.4 is 10.2 Å². The zero-order valence-electron chi connectivity index (χ0n) is 21.8. The molecule has 2 saturated heterocycles. The Morgan fingerprint density at radius 2 is 1.82 bits per heavy atom. The van der Waals surface area contributed by atoms with E-state index < -0.39 is 0 Å². The summed E-state index contributed by atoms with van der Waals surface area (Å²) in [5, 5.41) is 12.5. The summed E-state index contributed by atoms with van der Waals surface area (Å²) in [7, 11) is 0. The summed E-state index contributed by atoms with van der Waals surface area (Å²) < 4.78 is 5.75. The van der Waals surface area contributed by atoms with Gasteiger partial charge in [-0.05, 0) is 67.1 Å². The number of hydrogen-bond acceptors (Lipinski definition) is 4. The third kappa shape index (κ3) is 4.79. The first-order valence-corrected chi connectivity index (χ1v) is 13.9. The first kappa shape index (κ1) is 25.0. The quantitative estimate of drug-likeness (QED) is 0.278. The summed E-state index contributed by atoms with van der Waals surface area (Å²) in [6.45, 7) is 5.91. The molecule has 2 bridgehead atoms. The molecule has 0 radical (unpaired) electrons. The molecular formula is C31H33ClN4O2. The number of aromatic nitrogens is 2.